The van der Waals surface area contributed by atoms with Crippen molar-refractivity contribution in [3.63, 3.8) is 0 Å². The Morgan fingerprint density at radius 1 is 1.19 bits per heavy atom. The van der Waals surface area contributed by atoms with E-state index in [0.717, 1.165) is 20.2 Å². The van der Waals surface area contributed by atoms with E-state index in [0.29, 0.717) is 11.5 Å². The molecule has 2 aromatic carbocycles. The third-order valence-corrected chi connectivity index (χ3v) is 4.28. The van der Waals surface area contributed by atoms with E-state index in [1.54, 1.807) is 0 Å². The van der Waals surface area contributed by atoms with Gasteiger partial charge in [0.2, 0.25) is 6.79 Å². The van der Waals surface area contributed by atoms with Crippen LogP contribution < -0.4 is 14.8 Å². The van der Waals surface area contributed by atoms with Gasteiger partial charge in [-0.15, -0.1) is 0 Å². The highest BCUT2D eigenvalue weighted by atomic mass is 79.9. The number of aliphatic hydroxyl groups is 1. The molecule has 1 atom stereocenters. The largest absolute Gasteiger partial charge is 0.454 e. The van der Waals surface area contributed by atoms with Crippen LogP contribution in [0.1, 0.15) is 11.6 Å². The lowest BCUT2D eigenvalue weighted by Gasteiger charge is -2.19. The molecule has 0 spiro atoms. The summed E-state index contributed by atoms with van der Waals surface area (Å²) >= 11 is 6.91. The highest BCUT2D eigenvalue weighted by Crippen LogP contribution is 2.41. The molecule has 1 heterocycles. The SMILES string of the molecule is OCC(Nc1cccc(Br)c1)c1cc(Br)c2c(c1)OCO2. The third kappa shape index (κ3) is 3.17. The van der Waals surface area contributed by atoms with Gasteiger partial charge >= 0.3 is 0 Å². The van der Waals surface area contributed by atoms with Gasteiger partial charge in [-0.25, -0.2) is 0 Å². The first-order chi connectivity index (χ1) is 10.2. The number of fused-ring (bicyclic) bond motifs is 1. The molecular weight excluding hydrogens is 402 g/mol. The Morgan fingerprint density at radius 2 is 2.05 bits per heavy atom. The molecule has 4 nitrogen and oxygen atoms in total. The number of aliphatic hydroxyl groups excluding tert-OH is 1. The van der Waals surface area contributed by atoms with Crippen molar-refractivity contribution in [2.45, 2.75) is 6.04 Å². The number of nitrogens with one attached hydrogen (secondary N) is 1. The molecule has 1 aliphatic rings. The molecule has 0 aliphatic carbocycles. The van der Waals surface area contributed by atoms with E-state index < -0.39 is 0 Å². The highest BCUT2D eigenvalue weighted by molar-refractivity contribution is 9.10. The minimum atomic E-state index is -0.231. The van der Waals surface area contributed by atoms with Crippen molar-refractivity contribution in [3.8, 4) is 11.5 Å². The third-order valence-electron chi connectivity index (χ3n) is 3.20. The first-order valence-electron chi connectivity index (χ1n) is 6.39. The average Bonchev–Trinajstić information content (AvgIpc) is 2.93. The Labute approximate surface area is 139 Å². The van der Waals surface area contributed by atoms with Crippen molar-refractivity contribution in [1.29, 1.82) is 0 Å². The second-order valence-electron chi connectivity index (χ2n) is 4.63. The number of benzene rings is 2. The molecule has 110 valence electrons. The molecule has 3 rings (SSSR count). The van der Waals surface area contributed by atoms with Crippen LogP contribution in [0.15, 0.2) is 45.3 Å². The summed E-state index contributed by atoms with van der Waals surface area (Å²) in [6.07, 6.45) is 0. The molecule has 2 N–H and O–H groups in total. The first-order valence-corrected chi connectivity index (χ1v) is 7.98. The van der Waals surface area contributed by atoms with Gasteiger partial charge in [0.25, 0.3) is 0 Å². The summed E-state index contributed by atoms with van der Waals surface area (Å²) in [5.41, 5.74) is 1.85. The van der Waals surface area contributed by atoms with Crippen LogP contribution in [0.5, 0.6) is 11.5 Å². The Hall–Kier alpha value is -1.24. The molecule has 0 fully saturated rings. The quantitative estimate of drug-likeness (QED) is 0.791. The molecule has 0 bridgehead atoms. The van der Waals surface area contributed by atoms with Gasteiger partial charge in [-0.05, 0) is 51.8 Å². The van der Waals surface area contributed by atoms with Crippen LogP contribution in [-0.4, -0.2) is 18.5 Å². The summed E-state index contributed by atoms with van der Waals surface area (Å²) in [5, 5.41) is 13.0. The van der Waals surface area contributed by atoms with Crippen molar-refractivity contribution >= 4 is 37.5 Å². The monoisotopic (exact) mass is 413 g/mol. The summed E-state index contributed by atoms with van der Waals surface area (Å²) < 4.78 is 12.6. The van der Waals surface area contributed by atoms with Gasteiger partial charge in [-0.3, -0.25) is 0 Å². The van der Waals surface area contributed by atoms with Gasteiger partial charge in [-0.2, -0.15) is 0 Å². The van der Waals surface area contributed by atoms with E-state index in [2.05, 4.69) is 37.2 Å². The predicted octanol–water partition coefficient (Wildman–Crippen LogP) is 4.09. The van der Waals surface area contributed by atoms with Crippen molar-refractivity contribution in [2.75, 3.05) is 18.7 Å². The molecule has 21 heavy (non-hydrogen) atoms. The molecule has 6 heteroatoms. The van der Waals surface area contributed by atoms with Crippen LogP contribution in [0.2, 0.25) is 0 Å². The van der Waals surface area contributed by atoms with Gasteiger partial charge in [0.1, 0.15) is 0 Å². The number of halogens is 2. The number of hydrogen-bond acceptors (Lipinski definition) is 4. The molecular formula is C15H13Br2NO3. The molecule has 0 saturated heterocycles. The van der Waals surface area contributed by atoms with E-state index in [1.807, 2.05) is 36.4 Å². The lowest BCUT2D eigenvalue weighted by Crippen LogP contribution is -2.14. The zero-order valence-corrected chi connectivity index (χ0v) is 14.1. The maximum absolute atomic E-state index is 9.69. The molecule has 1 unspecified atom stereocenters. The smallest absolute Gasteiger partial charge is 0.231 e. The Kier molecular flexibility index (Phi) is 4.37. The highest BCUT2D eigenvalue weighted by Gasteiger charge is 2.21. The summed E-state index contributed by atoms with van der Waals surface area (Å²) in [6.45, 7) is 0.193. The molecule has 2 aromatic rings. The number of ether oxygens (including phenoxy) is 2. The van der Waals surface area contributed by atoms with Crippen LogP contribution in [0.25, 0.3) is 0 Å². The zero-order chi connectivity index (χ0) is 14.8. The Bertz CT molecular complexity index is 663. The van der Waals surface area contributed by atoms with Crippen molar-refractivity contribution in [2.24, 2.45) is 0 Å². The summed E-state index contributed by atoms with van der Waals surface area (Å²) in [5.74, 6) is 1.40. The maximum Gasteiger partial charge on any atom is 0.231 e. The van der Waals surface area contributed by atoms with Gasteiger partial charge in [0, 0.05) is 10.2 Å². The molecule has 0 aromatic heterocycles. The summed E-state index contributed by atoms with van der Waals surface area (Å²) in [6, 6.07) is 11.4. The normalized spacial score (nSPS) is 14.0. The fraction of sp³-hybridized carbons (Fsp3) is 0.200. The van der Waals surface area contributed by atoms with Crippen LogP contribution in [-0.2, 0) is 0 Å². The lowest BCUT2D eigenvalue weighted by molar-refractivity contribution is 0.173. The number of hydrogen-bond donors (Lipinski definition) is 2. The second kappa shape index (κ2) is 6.25. The van der Waals surface area contributed by atoms with Crippen LogP contribution in [0.4, 0.5) is 5.69 Å². The average molecular weight is 415 g/mol. The van der Waals surface area contributed by atoms with Gasteiger partial charge < -0.3 is 19.9 Å². The fourth-order valence-electron chi connectivity index (χ4n) is 2.20. The van der Waals surface area contributed by atoms with Crippen molar-refractivity contribution < 1.29 is 14.6 Å². The minimum Gasteiger partial charge on any atom is -0.454 e. The molecule has 1 aliphatic heterocycles. The van der Waals surface area contributed by atoms with Crippen LogP contribution >= 0.6 is 31.9 Å². The zero-order valence-electron chi connectivity index (χ0n) is 11.0. The summed E-state index contributed by atoms with van der Waals surface area (Å²) in [7, 11) is 0. The minimum absolute atomic E-state index is 0.0292. The number of anilines is 1. The van der Waals surface area contributed by atoms with E-state index in [1.165, 1.54) is 0 Å². The molecule has 0 saturated carbocycles. The predicted molar refractivity (Wildman–Crippen MR) is 87.9 cm³/mol. The van der Waals surface area contributed by atoms with E-state index in [9.17, 15) is 5.11 Å². The van der Waals surface area contributed by atoms with Crippen LogP contribution in [0, 0.1) is 0 Å². The van der Waals surface area contributed by atoms with Gasteiger partial charge in [-0.1, -0.05) is 22.0 Å². The summed E-state index contributed by atoms with van der Waals surface area (Å²) in [4.78, 5) is 0. The van der Waals surface area contributed by atoms with Gasteiger partial charge in [0.05, 0.1) is 17.1 Å². The van der Waals surface area contributed by atoms with Crippen molar-refractivity contribution in [1.82, 2.24) is 0 Å². The fourth-order valence-corrected chi connectivity index (χ4v) is 3.18. The van der Waals surface area contributed by atoms with E-state index >= 15 is 0 Å². The van der Waals surface area contributed by atoms with E-state index in [-0.39, 0.29) is 19.4 Å². The van der Waals surface area contributed by atoms with Gasteiger partial charge in [0.15, 0.2) is 11.5 Å². The van der Waals surface area contributed by atoms with E-state index in [4.69, 9.17) is 9.47 Å². The second-order valence-corrected chi connectivity index (χ2v) is 6.40. The Balaban J connectivity index is 1.88. The van der Waals surface area contributed by atoms with Crippen LogP contribution in [0.3, 0.4) is 0 Å². The molecule has 0 radical (unpaired) electrons. The lowest BCUT2D eigenvalue weighted by atomic mass is 10.1. The Morgan fingerprint density at radius 3 is 2.81 bits per heavy atom. The standard InChI is InChI=1S/C15H13Br2NO3/c16-10-2-1-3-11(6-10)18-13(7-19)9-4-12(17)15-14(5-9)20-8-21-15/h1-6,13,18-19H,7-8H2. The number of rotatable bonds is 4. The maximum atomic E-state index is 9.69. The topological polar surface area (TPSA) is 50.7 Å². The van der Waals surface area contributed by atoms with Crippen molar-refractivity contribution in [3.05, 3.63) is 50.9 Å². The molecule has 0 amide bonds. The first kappa shape index (κ1) is 14.7.